The first-order valence-electron chi connectivity index (χ1n) is 14.1. The lowest BCUT2D eigenvalue weighted by Crippen LogP contribution is -2.44. The summed E-state index contributed by atoms with van der Waals surface area (Å²) in [7, 11) is 0. The number of alkyl halides is 3. The highest BCUT2D eigenvalue weighted by Gasteiger charge is 2.38. The number of nitrogens with one attached hydrogen (secondary N) is 2. The standard InChI is InChI=1S/C26H32N6O4.C2HF3O2/c1-16-14-36-11-9-32(16)25-29-22-13-31(24(33)18-8-10-35-15-18)12-21(22)23(30-25)17-2-4-19(5-3-17)27-26(34)28-20-6-7-20;3-2(4,5)1(6)7/h2-5,16,18,20H,6-15H2,1H3,(H2,27,28,34);(H,6,7)/t16-,18?;/m0./s1. The van der Waals surface area contributed by atoms with Gasteiger partial charge in [0.25, 0.3) is 0 Å². The maximum absolute atomic E-state index is 13.2. The fourth-order valence-electron chi connectivity index (χ4n) is 5.07. The van der Waals surface area contributed by atoms with E-state index in [0.717, 1.165) is 54.0 Å². The van der Waals surface area contributed by atoms with Crippen molar-refractivity contribution in [1.29, 1.82) is 0 Å². The number of halogens is 3. The first kappa shape index (κ1) is 30.5. The Morgan fingerprint density at radius 2 is 1.70 bits per heavy atom. The first-order valence-corrected chi connectivity index (χ1v) is 14.1. The largest absolute Gasteiger partial charge is 0.490 e. The van der Waals surface area contributed by atoms with Crippen LogP contribution in [0.5, 0.6) is 0 Å². The Labute approximate surface area is 245 Å². The number of anilines is 2. The van der Waals surface area contributed by atoms with Gasteiger partial charge in [-0.3, -0.25) is 4.79 Å². The van der Waals surface area contributed by atoms with Gasteiger partial charge in [0, 0.05) is 36.0 Å². The number of hydrogen-bond acceptors (Lipinski definition) is 8. The van der Waals surface area contributed by atoms with Crippen LogP contribution in [0.25, 0.3) is 11.3 Å². The molecule has 2 atom stereocenters. The van der Waals surface area contributed by atoms with Crippen LogP contribution in [0.15, 0.2) is 24.3 Å². The van der Waals surface area contributed by atoms with E-state index in [0.29, 0.717) is 51.5 Å². The summed E-state index contributed by atoms with van der Waals surface area (Å²) in [5.41, 5.74) is 4.37. The second-order valence-electron chi connectivity index (χ2n) is 10.9. The third-order valence-electron chi connectivity index (χ3n) is 7.56. The summed E-state index contributed by atoms with van der Waals surface area (Å²) >= 11 is 0. The zero-order valence-corrected chi connectivity index (χ0v) is 23.5. The van der Waals surface area contributed by atoms with Gasteiger partial charge in [-0.2, -0.15) is 13.2 Å². The molecule has 1 unspecified atom stereocenters. The van der Waals surface area contributed by atoms with Crippen molar-refractivity contribution < 1.29 is 42.1 Å². The van der Waals surface area contributed by atoms with E-state index in [9.17, 15) is 22.8 Å². The molecule has 0 bridgehead atoms. The van der Waals surface area contributed by atoms with Crippen LogP contribution in [0.1, 0.15) is 37.4 Å². The molecule has 15 heteroatoms. The maximum Gasteiger partial charge on any atom is 0.490 e. The van der Waals surface area contributed by atoms with E-state index in [1.165, 1.54) is 0 Å². The summed E-state index contributed by atoms with van der Waals surface area (Å²) in [6.07, 6.45) is -2.23. The van der Waals surface area contributed by atoms with Crippen molar-refractivity contribution in [2.24, 2.45) is 5.92 Å². The molecule has 3 fully saturated rings. The Balaban J connectivity index is 0.000000472. The van der Waals surface area contributed by atoms with E-state index in [1.807, 2.05) is 29.2 Å². The van der Waals surface area contributed by atoms with Gasteiger partial charge in [-0.15, -0.1) is 0 Å². The zero-order valence-electron chi connectivity index (χ0n) is 23.5. The van der Waals surface area contributed by atoms with E-state index in [-0.39, 0.29) is 23.9 Å². The highest BCUT2D eigenvalue weighted by Crippen LogP contribution is 2.34. The smallest absolute Gasteiger partial charge is 0.475 e. The Hall–Kier alpha value is -3.98. The minimum absolute atomic E-state index is 0.0819. The number of fused-ring (bicyclic) bond motifs is 1. The fraction of sp³-hybridized carbons (Fsp3) is 0.536. The van der Waals surface area contributed by atoms with Crippen molar-refractivity contribution in [3.63, 3.8) is 0 Å². The van der Waals surface area contributed by atoms with Gasteiger partial charge in [-0.25, -0.2) is 19.6 Å². The number of carbonyl (C=O) groups is 3. The normalized spacial score (nSPS) is 21.5. The van der Waals surface area contributed by atoms with Gasteiger partial charge < -0.3 is 35.0 Å². The number of carbonyl (C=O) groups excluding carboxylic acids is 2. The Bertz CT molecular complexity index is 1350. The lowest BCUT2D eigenvalue weighted by atomic mass is 10.0. The van der Waals surface area contributed by atoms with Crippen molar-refractivity contribution in [2.75, 3.05) is 43.2 Å². The number of carboxylic acid groups (broad SMARTS) is 1. The van der Waals surface area contributed by atoms with E-state index in [2.05, 4.69) is 22.5 Å². The third-order valence-corrected chi connectivity index (χ3v) is 7.56. The lowest BCUT2D eigenvalue weighted by molar-refractivity contribution is -0.192. The number of aromatic nitrogens is 2. The minimum Gasteiger partial charge on any atom is -0.475 e. The summed E-state index contributed by atoms with van der Waals surface area (Å²) in [6, 6.07) is 8.00. The highest BCUT2D eigenvalue weighted by molar-refractivity contribution is 5.90. The van der Waals surface area contributed by atoms with Crippen LogP contribution in [0.2, 0.25) is 0 Å². The predicted molar refractivity (Wildman–Crippen MR) is 147 cm³/mol. The van der Waals surface area contributed by atoms with Crippen LogP contribution >= 0.6 is 0 Å². The molecular weight excluding hydrogens is 573 g/mol. The number of nitrogens with zero attached hydrogens (tertiary/aromatic N) is 4. The van der Waals surface area contributed by atoms with Crippen molar-refractivity contribution in [3.05, 3.63) is 35.5 Å². The predicted octanol–water partition coefficient (Wildman–Crippen LogP) is 3.16. The van der Waals surface area contributed by atoms with Gasteiger partial charge >= 0.3 is 18.2 Å². The average molecular weight is 607 g/mol. The molecule has 0 spiro atoms. The van der Waals surface area contributed by atoms with Crippen LogP contribution in [-0.2, 0) is 32.2 Å². The molecule has 2 saturated heterocycles. The molecule has 0 radical (unpaired) electrons. The number of rotatable bonds is 5. The van der Waals surface area contributed by atoms with Gasteiger partial charge in [0.15, 0.2) is 0 Å². The van der Waals surface area contributed by atoms with Crippen LogP contribution in [0.4, 0.5) is 29.6 Å². The number of urea groups is 1. The van der Waals surface area contributed by atoms with Crippen molar-refractivity contribution >= 4 is 29.5 Å². The molecular formula is C28H33F3N6O6. The molecule has 1 aromatic heterocycles. The van der Waals surface area contributed by atoms with Gasteiger partial charge in [0.05, 0.1) is 56.3 Å². The molecule has 1 aromatic carbocycles. The molecule has 1 aliphatic carbocycles. The molecule has 12 nitrogen and oxygen atoms in total. The highest BCUT2D eigenvalue weighted by atomic mass is 19.4. The number of ether oxygens (including phenoxy) is 2. The number of morpholine rings is 1. The Kier molecular flexibility index (Phi) is 9.01. The second kappa shape index (κ2) is 12.7. The van der Waals surface area contributed by atoms with Crippen molar-refractivity contribution in [2.45, 2.75) is 57.5 Å². The van der Waals surface area contributed by atoms with Gasteiger partial charge in [-0.05, 0) is 38.3 Å². The van der Waals surface area contributed by atoms with E-state index in [4.69, 9.17) is 29.3 Å². The summed E-state index contributed by atoms with van der Waals surface area (Å²) < 4.78 is 42.8. The molecule has 4 aliphatic rings. The van der Waals surface area contributed by atoms with E-state index < -0.39 is 12.1 Å². The molecule has 3 amide bonds. The summed E-state index contributed by atoms with van der Waals surface area (Å²) in [4.78, 5) is 48.2. The average Bonchev–Trinajstić information content (AvgIpc) is 3.42. The molecule has 6 rings (SSSR count). The molecule has 3 aliphatic heterocycles. The second-order valence-corrected chi connectivity index (χ2v) is 10.9. The molecule has 1 saturated carbocycles. The number of benzene rings is 1. The molecule has 43 heavy (non-hydrogen) atoms. The third kappa shape index (κ3) is 7.51. The maximum atomic E-state index is 13.2. The van der Waals surface area contributed by atoms with Crippen LogP contribution in [-0.4, -0.2) is 89.1 Å². The summed E-state index contributed by atoms with van der Waals surface area (Å²) in [6.45, 7) is 6.19. The SMILES string of the molecule is C[C@H]1COCCN1c1nc2c(c(-c3ccc(NC(=O)NC4CC4)cc3)n1)CN(C(=O)C1CCOC1)C2.O=C(O)C(F)(F)F. The fourth-order valence-corrected chi connectivity index (χ4v) is 5.07. The summed E-state index contributed by atoms with van der Waals surface area (Å²) in [5, 5.41) is 13.0. The van der Waals surface area contributed by atoms with Crippen molar-refractivity contribution in [3.8, 4) is 11.3 Å². The monoisotopic (exact) mass is 606 g/mol. The topological polar surface area (TPSA) is 146 Å². The van der Waals surface area contributed by atoms with Crippen LogP contribution < -0.4 is 15.5 Å². The van der Waals surface area contributed by atoms with E-state index >= 15 is 0 Å². The van der Waals surface area contributed by atoms with Gasteiger partial charge in [-0.1, -0.05) is 12.1 Å². The zero-order chi connectivity index (χ0) is 30.7. The van der Waals surface area contributed by atoms with Gasteiger partial charge in [0.1, 0.15) is 0 Å². The molecule has 3 N–H and O–H groups in total. The first-order chi connectivity index (χ1) is 20.5. The van der Waals surface area contributed by atoms with E-state index in [1.54, 1.807) is 0 Å². The molecule has 2 aromatic rings. The van der Waals surface area contributed by atoms with Crippen LogP contribution in [0.3, 0.4) is 0 Å². The number of aliphatic carboxylic acids is 1. The Morgan fingerprint density at radius 1 is 1.00 bits per heavy atom. The van der Waals surface area contributed by atoms with Crippen molar-refractivity contribution in [1.82, 2.24) is 20.2 Å². The van der Waals surface area contributed by atoms with Crippen LogP contribution in [0, 0.1) is 5.92 Å². The quantitative estimate of drug-likeness (QED) is 0.467. The number of carboxylic acids is 1. The number of amides is 3. The summed E-state index contributed by atoms with van der Waals surface area (Å²) in [5.74, 6) is -2.04. The molecule has 232 valence electrons. The molecule has 4 heterocycles. The Morgan fingerprint density at radius 3 is 2.30 bits per heavy atom. The minimum atomic E-state index is -5.08. The number of hydrogen-bond donors (Lipinski definition) is 3. The lowest BCUT2D eigenvalue weighted by Gasteiger charge is -2.33. The van der Waals surface area contributed by atoms with Gasteiger partial charge in [0.2, 0.25) is 11.9 Å².